The lowest BCUT2D eigenvalue weighted by Crippen LogP contribution is -2.46. The van der Waals surface area contributed by atoms with Crippen LogP contribution in [0.5, 0.6) is 0 Å². The molecule has 32 heavy (non-hydrogen) atoms. The number of carbonyl (C=O) groups excluding carboxylic acids is 3. The smallest absolute Gasteiger partial charge is 0.244 e. The van der Waals surface area contributed by atoms with Crippen molar-refractivity contribution in [2.75, 3.05) is 0 Å². The van der Waals surface area contributed by atoms with E-state index in [9.17, 15) is 14.4 Å². The van der Waals surface area contributed by atoms with E-state index >= 15 is 0 Å². The number of aromatic amines is 1. The maximum Gasteiger partial charge on any atom is 0.244 e. The molecular formula is C25H29N3O4. The minimum absolute atomic E-state index is 0.153. The molecule has 7 nitrogen and oxygen atoms in total. The summed E-state index contributed by atoms with van der Waals surface area (Å²) < 4.78 is 0. The van der Waals surface area contributed by atoms with Crippen molar-refractivity contribution in [3.05, 3.63) is 71.9 Å². The van der Waals surface area contributed by atoms with Gasteiger partial charge < -0.3 is 10.3 Å². The van der Waals surface area contributed by atoms with Crippen LogP contribution in [-0.2, 0) is 16.0 Å². The molecule has 0 saturated heterocycles. The number of nitrogens with one attached hydrogen (secondary N) is 3. The number of Topliss-reactive ketones (excluding diaryl/α,β-unsaturated/α-hetero) is 1. The number of ketones is 1. The second-order valence-corrected chi connectivity index (χ2v) is 8.43. The number of para-hydroxylation sites is 1. The van der Waals surface area contributed by atoms with Crippen molar-refractivity contribution in [1.82, 2.24) is 15.8 Å². The minimum Gasteiger partial charge on any atom is -0.360 e. The Kier molecular flexibility index (Phi) is 7.78. The number of aromatic nitrogens is 1. The zero-order valence-corrected chi connectivity index (χ0v) is 18.3. The van der Waals surface area contributed by atoms with E-state index in [2.05, 4.69) is 10.3 Å². The van der Waals surface area contributed by atoms with Gasteiger partial charge in [0.1, 0.15) is 0 Å². The Bertz CT molecular complexity index is 1070. The zero-order chi connectivity index (χ0) is 23.1. The highest BCUT2D eigenvalue weighted by molar-refractivity contribution is 6.11. The first-order valence-corrected chi connectivity index (χ1v) is 10.8. The molecule has 1 heterocycles. The topological polar surface area (TPSA) is 111 Å². The Labute approximate surface area is 187 Å². The van der Waals surface area contributed by atoms with Gasteiger partial charge in [0.25, 0.3) is 0 Å². The van der Waals surface area contributed by atoms with Crippen LogP contribution in [0.3, 0.4) is 0 Å². The van der Waals surface area contributed by atoms with Gasteiger partial charge in [0.15, 0.2) is 5.78 Å². The molecule has 0 unspecified atom stereocenters. The normalized spacial score (nSPS) is 13.0. The fourth-order valence-corrected chi connectivity index (χ4v) is 3.93. The summed E-state index contributed by atoms with van der Waals surface area (Å²) in [5, 5.41) is 12.6. The predicted molar refractivity (Wildman–Crippen MR) is 122 cm³/mol. The summed E-state index contributed by atoms with van der Waals surface area (Å²) in [4.78, 5) is 41.5. The van der Waals surface area contributed by atoms with Crippen molar-refractivity contribution in [2.24, 2.45) is 11.8 Å². The van der Waals surface area contributed by atoms with Crippen molar-refractivity contribution in [2.45, 2.75) is 39.2 Å². The van der Waals surface area contributed by atoms with E-state index in [-0.39, 0.29) is 24.0 Å². The molecule has 0 aliphatic rings. The Morgan fingerprint density at radius 3 is 2.38 bits per heavy atom. The Morgan fingerprint density at radius 1 is 1.00 bits per heavy atom. The van der Waals surface area contributed by atoms with E-state index < -0.39 is 17.9 Å². The molecule has 7 heteroatoms. The summed E-state index contributed by atoms with van der Waals surface area (Å²) in [6.45, 7) is 3.91. The summed E-state index contributed by atoms with van der Waals surface area (Å²) in [5.74, 6) is -1.70. The third-order valence-corrected chi connectivity index (χ3v) is 5.45. The average Bonchev–Trinajstić information content (AvgIpc) is 3.22. The molecule has 2 aromatic carbocycles. The molecule has 2 amide bonds. The fourth-order valence-electron chi connectivity index (χ4n) is 3.93. The van der Waals surface area contributed by atoms with Crippen molar-refractivity contribution >= 4 is 28.5 Å². The van der Waals surface area contributed by atoms with E-state index in [1.165, 1.54) is 0 Å². The largest absolute Gasteiger partial charge is 0.360 e. The van der Waals surface area contributed by atoms with E-state index in [1.807, 2.05) is 68.4 Å². The summed E-state index contributed by atoms with van der Waals surface area (Å²) in [5.41, 5.74) is 3.86. The summed E-state index contributed by atoms with van der Waals surface area (Å²) in [6.07, 6.45) is 2.30. The molecule has 4 N–H and O–H groups in total. The first-order valence-electron chi connectivity index (χ1n) is 10.8. The van der Waals surface area contributed by atoms with Crippen LogP contribution in [0.4, 0.5) is 0 Å². The molecule has 168 valence electrons. The Morgan fingerprint density at radius 2 is 1.69 bits per heavy atom. The highest BCUT2D eigenvalue weighted by Crippen LogP contribution is 2.22. The van der Waals surface area contributed by atoms with Gasteiger partial charge in [-0.05, 0) is 24.0 Å². The van der Waals surface area contributed by atoms with Crippen molar-refractivity contribution in [3.63, 3.8) is 0 Å². The molecule has 3 aromatic rings. The van der Waals surface area contributed by atoms with E-state index in [1.54, 1.807) is 11.7 Å². The average molecular weight is 436 g/mol. The number of hydrogen-bond acceptors (Lipinski definition) is 4. The molecule has 1 aromatic heterocycles. The number of H-pyrrole nitrogens is 1. The van der Waals surface area contributed by atoms with Gasteiger partial charge >= 0.3 is 0 Å². The molecular weight excluding hydrogens is 406 g/mol. The zero-order valence-electron chi connectivity index (χ0n) is 18.3. The van der Waals surface area contributed by atoms with E-state index in [0.29, 0.717) is 18.4 Å². The lowest BCUT2D eigenvalue weighted by Gasteiger charge is -2.23. The third-order valence-electron chi connectivity index (χ3n) is 5.45. The quantitative estimate of drug-likeness (QED) is 0.221. The number of rotatable bonds is 10. The minimum atomic E-state index is -0.795. The molecule has 0 bridgehead atoms. The number of carbonyl (C=O) groups is 3. The highest BCUT2D eigenvalue weighted by Gasteiger charge is 2.29. The van der Waals surface area contributed by atoms with E-state index in [0.717, 1.165) is 16.5 Å². The summed E-state index contributed by atoms with van der Waals surface area (Å²) in [6, 6.07) is 16.2. The van der Waals surface area contributed by atoms with Crippen LogP contribution in [-0.4, -0.2) is 33.8 Å². The lowest BCUT2D eigenvalue weighted by atomic mass is 9.91. The molecule has 0 radical (unpaired) electrons. The standard InChI is InChI=1S/C25H29N3O4/c1-16(2)12-18(14-23(29)28-32)25(31)27-22(13-17-8-4-3-5-9-17)24(30)20-15-26-21-11-7-6-10-19(20)21/h3-11,15-16,18,22,26,32H,12-14H2,1-2H3,(H,27,31)(H,28,29)/t18-,22-/m1/s1. The molecule has 0 spiro atoms. The number of fused-ring (bicyclic) bond motifs is 1. The number of benzene rings is 2. The van der Waals surface area contributed by atoms with Crippen LogP contribution >= 0.6 is 0 Å². The van der Waals surface area contributed by atoms with Gasteiger partial charge in [-0.1, -0.05) is 62.4 Å². The van der Waals surface area contributed by atoms with Crippen LogP contribution in [0, 0.1) is 11.8 Å². The third kappa shape index (κ3) is 5.82. The van der Waals surface area contributed by atoms with Crippen LogP contribution in [0.1, 0.15) is 42.6 Å². The summed E-state index contributed by atoms with van der Waals surface area (Å²) >= 11 is 0. The van der Waals surface area contributed by atoms with Crippen LogP contribution in [0.25, 0.3) is 10.9 Å². The number of amides is 2. The van der Waals surface area contributed by atoms with Gasteiger partial charge in [-0.2, -0.15) is 0 Å². The second-order valence-electron chi connectivity index (χ2n) is 8.43. The van der Waals surface area contributed by atoms with Gasteiger partial charge in [0, 0.05) is 41.4 Å². The van der Waals surface area contributed by atoms with Crippen LogP contribution in [0.15, 0.2) is 60.8 Å². The number of hydrogen-bond donors (Lipinski definition) is 4. The van der Waals surface area contributed by atoms with Crippen molar-refractivity contribution in [1.29, 1.82) is 0 Å². The molecule has 0 aliphatic carbocycles. The van der Waals surface area contributed by atoms with Crippen molar-refractivity contribution < 1.29 is 19.6 Å². The molecule has 2 atom stereocenters. The van der Waals surface area contributed by atoms with Gasteiger partial charge in [0.05, 0.1) is 6.04 Å². The monoisotopic (exact) mass is 435 g/mol. The van der Waals surface area contributed by atoms with Gasteiger partial charge in [-0.3, -0.25) is 19.6 Å². The van der Waals surface area contributed by atoms with Gasteiger partial charge in [-0.15, -0.1) is 0 Å². The Balaban J connectivity index is 1.88. The second kappa shape index (κ2) is 10.7. The van der Waals surface area contributed by atoms with Gasteiger partial charge in [-0.25, -0.2) is 5.48 Å². The first kappa shape index (κ1) is 23.2. The maximum absolute atomic E-state index is 13.5. The Hall–Kier alpha value is -3.45. The molecule has 0 saturated carbocycles. The highest BCUT2D eigenvalue weighted by atomic mass is 16.5. The predicted octanol–water partition coefficient (Wildman–Crippen LogP) is 3.64. The first-order chi connectivity index (χ1) is 15.4. The SMILES string of the molecule is CC(C)C[C@H](CC(=O)NO)C(=O)N[C@H](Cc1ccccc1)C(=O)c1c[nH]c2ccccc12. The summed E-state index contributed by atoms with van der Waals surface area (Å²) in [7, 11) is 0. The maximum atomic E-state index is 13.5. The lowest BCUT2D eigenvalue weighted by molar-refractivity contribution is -0.135. The fraction of sp³-hybridized carbons (Fsp3) is 0.320. The van der Waals surface area contributed by atoms with Gasteiger partial charge in [0.2, 0.25) is 11.8 Å². The molecule has 0 fully saturated rings. The van der Waals surface area contributed by atoms with Crippen LogP contribution < -0.4 is 10.8 Å². The van der Waals surface area contributed by atoms with Crippen molar-refractivity contribution in [3.8, 4) is 0 Å². The van der Waals surface area contributed by atoms with Crippen LogP contribution in [0.2, 0.25) is 0 Å². The molecule has 0 aliphatic heterocycles. The van der Waals surface area contributed by atoms with E-state index in [4.69, 9.17) is 5.21 Å². The molecule has 3 rings (SSSR count). The number of hydroxylamine groups is 1.